The zero-order valence-corrected chi connectivity index (χ0v) is 15.2. The predicted molar refractivity (Wildman–Crippen MR) is 101 cm³/mol. The number of methoxy groups -OCH3 is 1. The van der Waals surface area contributed by atoms with Crippen LogP contribution in [0.25, 0.3) is 0 Å². The molecule has 0 atom stereocenters. The van der Waals surface area contributed by atoms with Crippen molar-refractivity contribution in [1.82, 2.24) is 5.32 Å². The summed E-state index contributed by atoms with van der Waals surface area (Å²) in [6.45, 7) is 3.94. The quantitative estimate of drug-likeness (QED) is 0.782. The largest absolute Gasteiger partial charge is 0.496 e. The van der Waals surface area contributed by atoms with Crippen LogP contribution in [0.4, 0.5) is 5.69 Å². The third-order valence-electron chi connectivity index (χ3n) is 3.91. The minimum atomic E-state index is -0.508. The number of amides is 1. The number of hydrogen-bond acceptors (Lipinski definition) is 3. The summed E-state index contributed by atoms with van der Waals surface area (Å²) < 4.78 is 5.39. The van der Waals surface area contributed by atoms with Gasteiger partial charge in [0, 0.05) is 17.7 Å². The van der Waals surface area contributed by atoms with Crippen LogP contribution in [0.1, 0.15) is 31.4 Å². The van der Waals surface area contributed by atoms with Crippen molar-refractivity contribution >= 4 is 24.0 Å². The van der Waals surface area contributed by atoms with E-state index in [4.69, 9.17) is 10.5 Å². The summed E-state index contributed by atoms with van der Waals surface area (Å²) in [5.41, 5.74) is 8.08. The highest BCUT2D eigenvalue weighted by Gasteiger charge is 2.25. The molecule has 1 amide bonds. The van der Waals surface area contributed by atoms with Gasteiger partial charge in [-0.15, -0.1) is 12.4 Å². The number of aryl methyl sites for hydroxylation is 1. The van der Waals surface area contributed by atoms with Gasteiger partial charge in [-0.3, -0.25) is 4.79 Å². The van der Waals surface area contributed by atoms with Gasteiger partial charge in [0.05, 0.1) is 12.6 Å². The molecule has 0 aliphatic heterocycles. The molecule has 0 radical (unpaired) electrons. The normalized spacial score (nSPS) is 10.6. The van der Waals surface area contributed by atoms with Gasteiger partial charge in [0.2, 0.25) is 5.91 Å². The summed E-state index contributed by atoms with van der Waals surface area (Å²) >= 11 is 0. The monoisotopic (exact) mass is 348 g/mol. The lowest BCUT2D eigenvalue weighted by Crippen LogP contribution is -2.41. The van der Waals surface area contributed by atoms with Crippen LogP contribution in [-0.2, 0) is 16.8 Å². The minimum Gasteiger partial charge on any atom is -0.496 e. The maximum Gasteiger partial charge on any atom is 0.221 e. The van der Waals surface area contributed by atoms with Crippen LogP contribution in [-0.4, -0.2) is 13.0 Å². The average Bonchev–Trinajstić information content (AvgIpc) is 2.53. The lowest BCUT2D eigenvalue weighted by atomic mass is 9.93. The van der Waals surface area contributed by atoms with E-state index in [1.165, 1.54) is 0 Å². The van der Waals surface area contributed by atoms with Crippen LogP contribution in [0.3, 0.4) is 0 Å². The number of hydrogen-bond donors (Lipinski definition) is 2. The van der Waals surface area contributed by atoms with Gasteiger partial charge in [0.1, 0.15) is 5.75 Å². The van der Waals surface area contributed by atoms with Crippen molar-refractivity contribution in [2.75, 3.05) is 12.8 Å². The van der Waals surface area contributed by atoms with Crippen LogP contribution in [0.5, 0.6) is 5.75 Å². The first kappa shape index (κ1) is 19.8. The van der Waals surface area contributed by atoms with Crippen molar-refractivity contribution in [3.05, 3.63) is 59.7 Å². The van der Waals surface area contributed by atoms with E-state index in [0.29, 0.717) is 12.8 Å². The van der Waals surface area contributed by atoms with Gasteiger partial charge < -0.3 is 15.8 Å². The first-order chi connectivity index (χ1) is 10.9. The van der Waals surface area contributed by atoms with Gasteiger partial charge in [-0.1, -0.05) is 36.4 Å². The second-order valence-corrected chi connectivity index (χ2v) is 6.07. The van der Waals surface area contributed by atoms with E-state index in [9.17, 15) is 4.79 Å². The highest BCUT2D eigenvalue weighted by Crippen LogP contribution is 2.29. The number of para-hydroxylation sites is 2. The second kappa shape index (κ2) is 8.60. The van der Waals surface area contributed by atoms with E-state index in [-0.39, 0.29) is 18.3 Å². The Morgan fingerprint density at radius 3 is 2.42 bits per heavy atom. The van der Waals surface area contributed by atoms with Crippen molar-refractivity contribution in [1.29, 1.82) is 0 Å². The van der Waals surface area contributed by atoms with Gasteiger partial charge in [-0.2, -0.15) is 0 Å². The zero-order chi connectivity index (χ0) is 16.9. The van der Waals surface area contributed by atoms with E-state index < -0.39 is 5.54 Å². The maximum atomic E-state index is 12.3. The van der Waals surface area contributed by atoms with E-state index >= 15 is 0 Å². The molecule has 0 spiro atoms. The Kier molecular flexibility index (Phi) is 7.11. The Morgan fingerprint density at radius 1 is 1.12 bits per heavy atom. The van der Waals surface area contributed by atoms with E-state index in [1.54, 1.807) is 7.11 Å². The molecule has 0 aromatic heterocycles. The Labute approximate surface area is 149 Å². The zero-order valence-electron chi connectivity index (χ0n) is 14.3. The van der Waals surface area contributed by atoms with Crippen LogP contribution in [0, 0.1) is 0 Å². The molecule has 0 fully saturated rings. The van der Waals surface area contributed by atoms with Gasteiger partial charge in [0.15, 0.2) is 0 Å². The molecule has 0 saturated carbocycles. The SMILES string of the molecule is COc1ccccc1C(C)(C)NC(=O)CCc1ccccc1N.Cl. The highest BCUT2D eigenvalue weighted by atomic mass is 35.5. The van der Waals surface area contributed by atoms with Crippen LogP contribution < -0.4 is 15.8 Å². The van der Waals surface area contributed by atoms with Crippen molar-refractivity contribution < 1.29 is 9.53 Å². The molecule has 2 rings (SSSR count). The highest BCUT2D eigenvalue weighted by molar-refractivity contribution is 5.85. The third kappa shape index (κ3) is 4.90. The fourth-order valence-corrected chi connectivity index (χ4v) is 2.65. The molecular weight excluding hydrogens is 324 g/mol. The number of rotatable bonds is 6. The van der Waals surface area contributed by atoms with Gasteiger partial charge in [-0.05, 0) is 38.0 Å². The number of halogens is 1. The summed E-state index contributed by atoms with van der Waals surface area (Å²) in [6, 6.07) is 15.4. The molecule has 0 saturated heterocycles. The Bertz CT molecular complexity index is 687. The topological polar surface area (TPSA) is 64.3 Å². The smallest absolute Gasteiger partial charge is 0.221 e. The molecular formula is C19H25ClN2O2. The molecule has 130 valence electrons. The lowest BCUT2D eigenvalue weighted by molar-refractivity contribution is -0.122. The first-order valence-corrected chi connectivity index (χ1v) is 7.72. The number of nitrogens with one attached hydrogen (secondary N) is 1. The number of nitrogens with two attached hydrogens (primary N) is 1. The first-order valence-electron chi connectivity index (χ1n) is 7.72. The second-order valence-electron chi connectivity index (χ2n) is 6.07. The number of carbonyl (C=O) groups is 1. The molecule has 3 N–H and O–H groups in total. The standard InChI is InChI=1S/C19H24N2O2.ClH/c1-19(2,15-9-5-7-11-17(15)23-3)21-18(22)13-12-14-8-4-6-10-16(14)20;/h4-11H,12-13,20H2,1-3H3,(H,21,22);1H. The lowest BCUT2D eigenvalue weighted by Gasteiger charge is -2.28. The van der Waals surface area contributed by atoms with Crippen molar-refractivity contribution in [3.8, 4) is 5.75 Å². The molecule has 24 heavy (non-hydrogen) atoms. The van der Waals surface area contributed by atoms with Crippen LogP contribution in [0.15, 0.2) is 48.5 Å². The predicted octanol–water partition coefficient (Wildman–Crippen LogP) is 3.68. The molecule has 5 heteroatoms. The van der Waals surface area contributed by atoms with Gasteiger partial charge >= 0.3 is 0 Å². The third-order valence-corrected chi connectivity index (χ3v) is 3.91. The Hall–Kier alpha value is -2.20. The van der Waals surface area contributed by atoms with E-state index in [1.807, 2.05) is 62.4 Å². The number of benzene rings is 2. The van der Waals surface area contributed by atoms with E-state index in [2.05, 4.69) is 5.32 Å². The number of ether oxygens (including phenoxy) is 1. The van der Waals surface area contributed by atoms with Crippen molar-refractivity contribution in [2.45, 2.75) is 32.2 Å². The summed E-state index contributed by atoms with van der Waals surface area (Å²) in [5.74, 6) is 0.759. The summed E-state index contributed by atoms with van der Waals surface area (Å²) in [5, 5.41) is 3.08. The molecule has 0 unspecified atom stereocenters. The average molecular weight is 349 g/mol. The number of nitrogen functional groups attached to an aromatic ring is 1. The molecule has 0 heterocycles. The fourth-order valence-electron chi connectivity index (χ4n) is 2.65. The molecule has 0 aliphatic rings. The van der Waals surface area contributed by atoms with Crippen molar-refractivity contribution in [3.63, 3.8) is 0 Å². The molecule has 2 aromatic rings. The number of anilines is 1. The molecule has 4 nitrogen and oxygen atoms in total. The Balaban J connectivity index is 0.00000288. The number of carbonyl (C=O) groups excluding carboxylic acids is 1. The Morgan fingerprint density at radius 2 is 1.75 bits per heavy atom. The van der Waals surface area contributed by atoms with Crippen molar-refractivity contribution in [2.24, 2.45) is 0 Å². The molecule has 0 aliphatic carbocycles. The summed E-state index contributed by atoms with van der Waals surface area (Å²) in [7, 11) is 1.63. The summed E-state index contributed by atoms with van der Waals surface area (Å²) in [4.78, 5) is 12.3. The maximum absolute atomic E-state index is 12.3. The van der Waals surface area contributed by atoms with Gasteiger partial charge in [0.25, 0.3) is 0 Å². The van der Waals surface area contributed by atoms with Crippen LogP contribution >= 0.6 is 12.4 Å². The molecule has 2 aromatic carbocycles. The molecule has 0 bridgehead atoms. The van der Waals surface area contributed by atoms with Gasteiger partial charge in [-0.25, -0.2) is 0 Å². The fraction of sp³-hybridized carbons (Fsp3) is 0.316. The minimum absolute atomic E-state index is 0. The van der Waals surface area contributed by atoms with Crippen LogP contribution in [0.2, 0.25) is 0 Å². The van der Waals surface area contributed by atoms with E-state index in [0.717, 1.165) is 22.6 Å². The summed E-state index contributed by atoms with van der Waals surface area (Å²) in [6.07, 6.45) is 1.02.